The van der Waals surface area contributed by atoms with E-state index in [9.17, 15) is 30.0 Å². The van der Waals surface area contributed by atoms with Crippen molar-refractivity contribution in [3.05, 3.63) is 46.5 Å². The third-order valence-corrected chi connectivity index (χ3v) is 3.23. The van der Waals surface area contributed by atoms with E-state index in [1.807, 2.05) is 0 Å². The number of rotatable bonds is 0. The van der Waals surface area contributed by atoms with Gasteiger partial charge in [-0.2, -0.15) is 0 Å². The Balaban J connectivity index is 2.37. The summed E-state index contributed by atoms with van der Waals surface area (Å²) in [6.07, 6.45) is 0. The maximum absolute atomic E-state index is 12.3. The van der Waals surface area contributed by atoms with Gasteiger partial charge < -0.3 is 20.4 Å². The summed E-state index contributed by atoms with van der Waals surface area (Å²) in [5, 5.41) is 38.0. The Hall–Kier alpha value is -3.02. The molecule has 0 spiro atoms. The van der Waals surface area contributed by atoms with Crippen molar-refractivity contribution in [2.24, 2.45) is 0 Å². The number of phenolic OH excluding ortho intramolecular Hbond substituents is 4. The van der Waals surface area contributed by atoms with E-state index >= 15 is 0 Å². The zero-order chi connectivity index (χ0) is 14.6. The lowest BCUT2D eigenvalue weighted by atomic mass is 9.83. The minimum atomic E-state index is -0.710. The number of carbonyl (C=O) groups excluding carboxylic acids is 2. The van der Waals surface area contributed by atoms with Crippen LogP contribution in [-0.4, -0.2) is 32.0 Å². The molecule has 4 N–H and O–H groups in total. The molecule has 0 bridgehead atoms. The van der Waals surface area contributed by atoms with Crippen LogP contribution in [0.25, 0.3) is 0 Å². The molecule has 6 nitrogen and oxygen atoms in total. The Morgan fingerprint density at radius 3 is 1.80 bits per heavy atom. The molecule has 0 unspecified atom stereocenters. The molecule has 0 saturated carbocycles. The number of ketones is 2. The van der Waals surface area contributed by atoms with Crippen LogP contribution in [0.5, 0.6) is 23.0 Å². The predicted octanol–water partition coefficient (Wildman–Crippen LogP) is 1.28. The Kier molecular flexibility index (Phi) is 2.25. The molecule has 0 heterocycles. The van der Waals surface area contributed by atoms with E-state index in [1.54, 1.807) is 0 Å². The average Bonchev–Trinajstić information content (AvgIpc) is 2.41. The maximum Gasteiger partial charge on any atom is 0.198 e. The van der Waals surface area contributed by atoms with Gasteiger partial charge in [0.2, 0.25) is 0 Å². The minimum absolute atomic E-state index is 0.0668. The molecule has 0 radical (unpaired) electrons. The van der Waals surface area contributed by atoms with Gasteiger partial charge in [-0.25, -0.2) is 0 Å². The fourth-order valence-corrected chi connectivity index (χ4v) is 2.23. The van der Waals surface area contributed by atoms with E-state index in [2.05, 4.69) is 0 Å². The molecule has 3 rings (SSSR count). The summed E-state index contributed by atoms with van der Waals surface area (Å²) in [4.78, 5) is 24.5. The van der Waals surface area contributed by atoms with Crippen LogP contribution >= 0.6 is 0 Å². The zero-order valence-corrected chi connectivity index (χ0v) is 9.91. The van der Waals surface area contributed by atoms with Gasteiger partial charge in [0, 0.05) is 16.7 Å². The predicted molar refractivity (Wildman–Crippen MR) is 66.4 cm³/mol. The largest absolute Gasteiger partial charge is 0.504 e. The van der Waals surface area contributed by atoms with Crippen LogP contribution in [0.2, 0.25) is 0 Å². The highest BCUT2D eigenvalue weighted by atomic mass is 16.3. The molecular formula is C14H8O6. The first-order valence-electron chi connectivity index (χ1n) is 5.62. The Morgan fingerprint density at radius 2 is 1.20 bits per heavy atom. The van der Waals surface area contributed by atoms with Crippen molar-refractivity contribution >= 4 is 11.6 Å². The number of hydrogen-bond acceptors (Lipinski definition) is 6. The summed E-state index contributed by atoms with van der Waals surface area (Å²) in [5.74, 6) is -3.56. The highest BCUT2D eigenvalue weighted by molar-refractivity contribution is 6.29. The molecule has 0 aromatic heterocycles. The molecule has 20 heavy (non-hydrogen) atoms. The highest BCUT2D eigenvalue weighted by Crippen LogP contribution is 2.40. The number of phenols is 4. The van der Waals surface area contributed by atoms with Gasteiger partial charge in [0.05, 0.1) is 5.56 Å². The van der Waals surface area contributed by atoms with Crippen LogP contribution in [0.15, 0.2) is 24.3 Å². The van der Waals surface area contributed by atoms with Crippen LogP contribution < -0.4 is 0 Å². The Labute approximate surface area is 112 Å². The SMILES string of the molecule is O=C1c2cc(O)c(O)cc2C(=O)c2c1ccc(O)c2O. The topological polar surface area (TPSA) is 115 Å². The minimum Gasteiger partial charge on any atom is -0.504 e. The van der Waals surface area contributed by atoms with E-state index in [0.29, 0.717) is 0 Å². The summed E-state index contributed by atoms with van der Waals surface area (Å²) in [7, 11) is 0. The van der Waals surface area contributed by atoms with E-state index in [0.717, 1.165) is 18.2 Å². The summed E-state index contributed by atoms with van der Waals surface area (Å²) in [6, 6.07) is 4.27. The number of carbonyl (C=O) groups is 2. The molecule has 0 saturated heterocycles. The first-order valence-corrected chi connectivity index (χ1v) is 5.62. The first-order chi connectivity index (χ1) is 9.41. The quantitative estimate of drug-likeness (QED) is 0.458. The van der Waals surface area contributed by atoms with Crippen molar-refractivity contribution in [1.82, 2.24) is 0 Å². The van der Waals surface area contributed by atoms with Crippen LogP contribution in [0.4, 0.5) is 0 Å². The Morgan fingerprint density at radius 1 is 0.650 bits per heavy atom. The standard InChI is InChI=1S/C14H8O6/c15-8-2-1-5-11(14(8)20)13(19)7-4-10(17)9(16)3-6(7)12(5)18/h1-4,15-17,20H. The van der Waals surface area contributed by atoms with Crippen LogP contribution in [0.3, 0.4) is 0 Å². The molecule has 0 atom stereocenters. The summed E-state index contributed by atoms with van der Waals surface area (Å²) in [5.41, 5.74) is -0.586. The lowest BCUT2D eigenvalue weighted by molar-refractivity contribution is 0.0975. The van der Waals surface area contributed by atoms with Crippen molar-refractivity contribution in [1.29, 1.82) is 0 Å². The molecule has 1 aliphatic carbocycles. The second-order valence-electron chi connectivity index (χ2n) is 4.40. The molecule has 0 amide bonds. The van der Waals surface area contributed by atoms with Gasteiger partial charge in [-0.1, -0.05) is 0 Å². The number of benzene rings is 2. The van der Waals surface area contributed by atoms with E-state index in [4.69, 9.17) is 0 Å². The molecule has 100 valence electrons. The van der Waals surface area contributed by atoms with E-state index < -0.39 is 34.6 Å². The smallest absolute Gasteiger partial charge is 0.198 e. The van der Waals surface area contributed by atoms with Crippen molar-refractivity contribution in [3.63, 3.8) is 0 Å². The third kappa shape index (κ3) is 1.38. The van der Waals surface area contributed by atoms with Gasteiger partial charge in [0.25, 0.3) is 0 Å². The van der Waals surface area contributed by atoms with Gasteiger partial charge in [-0.15, -0.1) is 0 Å². The van der Waals surface area contributed by atoms with Gasteiger partial charge >= 0.3 is 0 Å². The Bertz CT molecular complexity index is 787. The van der Waals surface area contributed by atoms with E-state index in [-0.39, 0.29) is 22.3 Å². The van der Waals surface area contributed by atoms with Crippen LogP contribution in [0, 0.1) is 0 Å². The number of aromatic hydroxyl groups is 4. The van der Waals surface area contributed by atoms with Gasteiger partial charge in [-0.05, 0) is 24.3 Å². The van der Waals surface area contributed by atoms with E-state index in [1.165, 1.54) is 6.07 Å². The van der Waals surface area contributed by atoms with Crippen molar-refractivity contribution in [2.75, 3.05) is 0 Å². The molecular weight excluding hydrogens is 264 g/mol. The van der Waals surface area contributed by atoms with Gasteiger partial charge in [0.15, 0.2) is 34.6 Å². The highest BCUT2D eigenvalue weighted by Gasteiger charge is 2.34. The fraction of sp³-hybridized carbons (Fsp3) is 0. The molecule has 6 heteroatoms. The maximum atomic E-state index is 12.3. The molecule has 0 fully saturated rings. The lowest BCUT2D eigenvalue weighted by Crippen LogP contribution is -2.20. The van der Waals surface area contributed by atoms with Crippen LogP contribution in [0.1, 0.15) is 31.8 Å². The average molecular weight is 272 g/mol. The van der Waals surface area contributed by atoms with Crippen molar-refractivity contribution in [3.8, 4) is 23.0 Å². The lowest BCUT2D eigenvalue weighted by Gasteiger charge is -2.19. The molecule has 2 aromatic rings. The number of hydrogen-bond donors (Lipinski definition) is 4. The molecule has 2 aromatic carbocycles. The zero-order valence-electron chi connectivity index (χ0n) is 9.91. The fourth-order valence-electron chi connectivity index (χ4n) is 2.23. The summed E-state index contributed by atoms with van der Waals surface area (Å²) in [6.45, 7) is 0. The van der Waals surface area contributed by atoms with Gasteiger partial charge in [0.1, 0.15) is 0 Å². The summed E-state index contributed by atoms with van der Waals surface area (Å²) >= 11 is 0. The van der Waals surface area contributed by atoms with Gasteiger partial charge in [-0.3, -0.25) is 9.59 Å². The third-order valence-electron chi connectivity index (χ3n) is 3.23. The second kappa shape index (κ2) is 3.74. The first kappa shape index (κ1) is 12.0. The second-order valence-corrected chi connectivity index (χ2v) is 4.40. The molecule has 1 aliphatic rings. The molecule has 0 aliphatic heterocycles. The summed E-state index contributed by atoms with van der Waals surface area (Å²) < 4.78 is 0. The normalized spacial score (nSPS) is 13.0. The van der Waals surface area contributed by atoms with Crippen molar-refractivity contribution in [2.45, 2.75) is 0 Å². The van der Waals surface area contributed by atoms with Crippen molar-refractivity contribution < 1.29 is 30.0 Å². The number of fused-ring (bicyclic) bond motifs is 2. The monoisotopic (exact) mass is 272 g/mol. The van der Waals surface area contributed by atoms with Crippen LogP contribution in [-0.2, 0) is 0 Å².